The maximum Gasteiger partial charge on any atom is 0.191 e. The third-order valence-corrected chi connectivity index (χ3v) is 4.69. The molecule has 0 aromatic heterocycles. The first kappa shape index (κ1) is 21.5. The third-order valence-electron chi connectivity index (χ3n) is 4.44. The van der Waals surface area contributed by atoms with Gasteiger partial charge >= 0.3 is 0 Å². The van der Waals surface area contributed by atoms with E-state index in [0.29, 0.717) is 12.0 Å². The molecule has 1 heterocycles. The summed E-state index contributed by atoms with van der Waals surface area (Å²) in [6.45, 7) is 8.70. The predicted octanol–water partition coefficient (Wildman–Crippen LogP) is 3.74. The highest BCUT2D eigenvalue weighted by molar-refractivity contribution is 14.0. The number of hydrogen-bond acceptors (Lipinski definition) is 2. The van der Waals surface area contributed by atoms with Crippen molar-refractivity contribution in [2.45, 2.75) is 39.3 Å². The summed E-state index contributed by atoms with van der Waals surface area (Å²) < 4.78 is 0. The Bertz CT molecular complexity index is 504. The van der Waals surface area contributed by atoms with Gasteiger partial charge in [0.1, 0.15) is 0 Å². The number of hydrogen-bond donors (Lipinski definition) is 2. The zero-order valence-electron chi connectivity index (χ0n) is 14.9. The zero-order valence-corrected chi connectivity index (χ0v) is 18.0. The summed E-state index contributed by atoms with van der Waals surface area (Å²) >= 11 is 5.91. The van der Waals surface area contributed by atoms with Crippen LogP contribution < -0.4 is 10.6 Å². The Balaban J connectivity index is 0.00000288. The lowest BCUT2D eigenvalue weighted by molar-refractivity contribution is 0.141. The lowest BCUT2D eigenvalue weighted by Gasteiger charge is -2.35. The Kier molecular flexibility index (Phi) is 10.0. The molecule has 1 atom stereocenters. The van der Waals surface area contributed by atoms with Crippen LogP contribution in [-0.4, -0.2) is 43.6 Å². The van der Waals surface area contributed by atoms with Gasteiger partial charge in [-0.05, 0) is 56.8 Å². The number of nitrogens with zero attached hydrogens (tertiary/aromatic N) is 2. The fourth-order valence-electron chi connectivity index (χ4n) is 2.98. The first-order valence-electron chi connectivity index (χ1n) is 8.51. The van der Waals surface area contributed by atoms with Crippen molar-refractivity contribution in [3.63, 3.8) is 0 Å². The maximum absolute atomic E-state index is 5.91. The average molecular weight is 465 g/mol. The molecule has 1 saturated heterocycles. The van der Waals surface area contributed by atoms with E-state index in [1.54, 1.807) is 0 Å². The van der Waals surface area contributed by atoms with Gasteiger partial charge in [-0.1, -0.05) is 23.7 Å². The molecule has 1 aliphatic rings. The van der Waals surface area contributed by atoms with Crippen molar-refractivity contribution in [1.82, 2.24) is 15.5 Å². The van der Waals surface area contributed by atoms with E-state index in [1.807, 2.05) is 31.3 Å². The Labute approximate surface area is 168 Å². The van der Waals surface area contributed by atoms with Gasteiger partial charge in [0.05, 0.1) is 0 Å². The van der Waals surface area contributed by atoms with Gasteiger partial charge in [-0.25, -0.2) is 0 Å². The second kappa shape index (κ2) is 11.2. The fraction of sp³-hybridized carbons (Fsp3) is 0.611. The quantitative estimate of drug-likeness (QED) is 0.396. The SMILES string of the molecule is CN=C(NCc1ccc(Cl)cc1)NCC1CCCN(C(C)C)C1.I. The van der Waals surface area contributed by atoms with Crippen molar-refractivity contribution in [3.8, 4) is 0 Å². The lowest BCUT2D eigenvalue weighted by atomic mass is 9.97. The normalized spacial score (nSPS) is 19.0. The molecule has 1 aromatic rings. The van der Waals surface area contributed by atoms with Crippen molar-refractivity contribution in [2.24, 2.45) is 10.9 Å². The van der Waals surface area contributed by atoms with Crippen LogP contribution in [0.3, 0.4) is 0 Å². The van der Waals surface area contributed by atoms with Crippen molar-refractivity contribution < 1.29 is 0 Å². The molecule has 0 bridgehead atoms. The standard InChI is InChI=1S/C18H29ClN4.HI/c1-14(2)23-10-4-5-16(13-23)12-22-18(20-3)21-11-15-6-8-17(19)9-7-15;/h6-9,14,16H,4-5,10-13H2,1-3H3,(H2,20,21,22);1H. The number of aliphatic imine (C=N–C) groups is 1. The highest BCUT2D eigenvalue weighted by Crippen LogP contribution is 2.17. The molecule has 0 saturated carbocycles. The summed E-state index contributed by atoms with van der Waals surface area (Å²) in [7, 11) is 1.82. The second-order valence-electron chi connectivity index (χ2n) is 6.53. The molecular formula is C18H30ClIN4. The number of likely N-dealkylation sites (tertiary alicyclic amines) is 1. The minimum atomic E-state index is 0. The number of nitrogens with one attached hydrogen (secondary N) is 2. The molecule has 0 spiro atoms. The summed E-state index contributed by atoms with van der Waals surface area (Å²) in [6, 6.07) is 8.53. The number of guanidine groups is 1. The van der Waals surface area contributed by atoms with Crippen LogP contribution in [0, 0.1) is 5.92 Å². The van der Waals surface area contributed by atoms with E-state index < -0.39 is 0 Å². The van der Waals surface area contributed by atoms with Crippen LogP contribution in [0.5, 0.6) is 0 Å². The van der Waals surface area contributed by atoms with Crippen LogP contribution in [0.15, 0.2) is 29.3 Å². The summed E-state index contributed by atoms with van der Waals surface area (Å²) in [5.41, 5.74) is 1.20. The number of halogens is 2. The molecule has 2 rings (SSSR count). The minimum absolute atomic E-state index is 0. The highest BCUT2D eigenvalue weighted by Gasteiger charge is 2.21. The predicted molar refractivity (Wildman–Crippen MR) is 115 cm³/mol. The minimum Gasteiger partial charge on any atom is -0.356 e. The van der Waals surface area contributed by atoms with Crippen molar-refractivity contribution >= 4 is 41.5 Å². The van der Waals surface area contributed by atoms with Gasteiger partial charge < -0.3 is 15.5 Å². The van der Waals surface area contributed by atoms with E-state index in [1.165, 1.54) is 31.5 Å². The van der Waals surface area contributed by atoms with Crippen LogP contribution in [-0.2, 0) is 6.54 Å². The van der Waals surface area contributed by atoms with Crippen LogP contribution in [0.1, 0.15) is 32.3 Å². The molecule has 0 aliphatic carbocycles. The Hall–Kier alpha value is -0.530. The van der Waals surface area contributed by atoms with Gasteiger partial charge in [0.15, 0.2) is 5.96 Å². The number of benzene rings is 1. The highest BCUT2D eigenvalue weighted by atomic mass is 127. The molecule has 1 fully saturated rings. The van der Waals surface area contributed by atoms with Crippen LogP contribution >= 0.6 is 35.6 Å². The molecule has 0 radical (unpaired) electrons. The molecule has 6 heteroatoms. The average Bonchev–Trinajstić information content (AvgIpc) is 2.57. The molecule has 1 aliphatic heterocycles. The summed E-state index contributed by atoms with van der Waals surface area (Å²) in [6.07, 6.45) is 2.59. The fourth-order valence-corrected chi connectivity index (χ4v) is 3.11. The molecule has 0 amide bonds. The van der Waals surface area contributed by atoms with Gasteiger partial charge in [0.2, 0.25) is 0 Å². The second-order valence-corrected chi connectivity index (χ2v) is 6.97. The molecule has 4 nitrogen and oxygen atoms in total. The topological polar surface area (TPSA) is 39.7 Å². The van der Waals surface area contributed by atoms with Crippen LogP contribution in [0.4, 0.5) is 0 Å². The van der Waals surface area contributed by atoms with Crippen molar-refractivity contribution in [2.75, 3.05) is 26.7 Å². The first-order valence-corrected chi connectivity index (χ1v) is 8.89. The maximum atomic E-state index is 5.91. The van der Waals surface area contributed by atoms with E-state index in [2.05, 4.69) is 34.4 Å². The summed E-state index contributed by atoms with van der Waals surface area (Å²) in [4.78, 5) is 6.88. The van der Waals surface area contributed by atoms with Gasteiger partial charge in [0.25, 0.3) is 0 Å². The van der Waals surface area contributed by atoms with Crippen LogP contribution in [0.25, 0.3) is 0 Å². The molecule has 1 aromatic carbocycles. The van der Waals surface area contributed by atoms with Crippen LogP contribution in [0.2, 0.25) is 5.02 Å². The number of rotatable bonds is 5. The van der Waals surface area contributed by atoms with Crippen molar-refractivity contribution in [3.05, 3.63) is 34.9 Å². The lowest BCUT2D eigenvalue weighted by Crippen LogP contribution is -2.45. The Morgan fingerprint density at radius 3 is 2.62 bits per heavy atom. The van der Waals surface area contributed by atoms with Gasteiger partial charge in [-0.3, -0.25) is 4.99 Å². The summed E-state index contributed by atoms with van der Waals surface area (Å²) in [5, 5.41) is 7.59. The van der Waals surface area contributed by atoms with Crippen molar-refractivity contribution in [1.29, 1.82) is 0 Å². The Morgan fingerprint density at radius 1 is 1.29 bits per heavy atom. The molecular weight excluding hydrogens is 435 g/mol. The zero-order chi connectivity index (χ0) is 16.7. The van der Waals surface area contributed by atoms with E-state index in [-0.39, 0.29) is 24.0 Å². The Morgan fingerprint density at radius 2 is 2.00 bits per heavy atom. The molecule has 1 unspecified atom stereocenters. The first-order chi connectivity index (χ1) is 11.1. The molecule has 2 N–H and O–H groups in total. The van der Waals surface area contributed by atoms with E-state index in [0.717, 1.165) is 24.1 Å². The monoisotopic (exact) mass is 464 g/mol. The number of piperidine rings is 1. The van der Waals surface area contributed by atoms with E-state index in [4.69, 9.17) is 11.6 Å². The largest absolute Gasteiger partial charge is 0.356 e. The van der Waals surface area contributed by atoms with E-state index in [9.17, 15) is 0 Å². The van der Waals surface area contributed by atoms with Gasteiger partial charge in [0, 0.05) is 37.7 Å². The van der Waals surface area contributed by atoms with Gasteiger partial charge in [-0.2, -0.15) is 0 Å². The smallest absolute Gasteiger partial charge is 0.191 e. The van der Waals surface area contributed by atoms with Gasteiger partial charge in [-0.15, -0.1) is 24.0 Å². The van der Waals surface area contributed by atoms with E-state index >= 15 is 0 Å². The third kappa shape index (κ3) is 7.15. The summed E-state index contributed by atoms with van der Waals surface area (Å²) in [5.74, 6) is 1.56. The molecule has 136 valence electrons. The molecule has 24 heavy (non-hydrogen) atoms.